The monoisotopic (exact) mass is 441 g/mol. The Labute approximate surface area is 175 Å². The van der Waals surface area contributed by atoms with Crippen LogP contribution in [0, 0.1) is 0 Å². The average Bonchev–Trinajstić information content (AvgIpc) is 3.27. The fourth-order valence-electron chi connectivity index (χ4n) is 3.12. The molecule has 154 valence electrons. The van der Waals surface area contributed by atoms with Gasteiger partial charge < -0.3 is 5.32 Å². The van der Waals surface area contributed by atoms with Gasteiger partial charge in [0.05, 0.1) is 27.4 Å². The van der Waals surface area contributed by atoms with Crippen LogP contribution < -0.4 is 5.32 Å². The number of carbonyl (C=O) groups excluding carboxylic acids is 1. The minimum Gasteiger partial charge on any atom is -0.349 e. The number of benzene rings is 1. The van der Waals surface area contributed by atoms with Crippen LogP contribution in [0.25, 0.3) is 11.3 Å². The molecule has 0 aliphatic rings. The second kappa shape index (κ2) is 8.59. The van der Waals surface area contributed by atoms with Gasteiger partial charge >= 0.3 is 6.18 Å². The largest absolute Gasteiger partial charge is 0.416 e. The van der Waals surface area contributed by atoms with Crippen LogP contribution in [-0.2, 0) is 19.1 Å². The molecule has 0 aliphatic heterocycles. The molecule has 4 nitrogen and oxygen atoms in total. The fourth-order valence-corrected chi connectivity index (χ4v) is 4.16. The van der Waals surface area contributed by atoms with Crippen LogP contribution in [0.5, 0.6) is 0 Å². The topological polar surface area (TPSA) is 46.9 Å². The van der Waals surface area contributed by atoms with Gasteiger partial charge in [-0.1, -0.05) is 29.8 Å². The Morgan fingerprint density at radius 1 is 1.34 bits per heavy atom. The quantitative estimate of drug-likeness (QED) is 0.536. The lowest BCUT2D eigenvalue weighted by Gasteiger charge is -2.17. The molecule has 1 amide bonds. The molecule has 0 radical (unpaired) electrons. The van der Waals surface area contributed by atoms with Gasteiger partial charge in [0.15, 0.2) is 0 Å². The average molecular weight is 442 g/mol. The summed E-state index contributed by atoms with van der Waals surface area (Å²) in [6, 6.07) is 6.64. The highest BCUT2D eigenvalue weighted by atomic mass is 35.5. The number of halogens is 4. The predicted molar refractivity (Wildman–Crippen MR) is 108 cm³/mol. The molecule has 1 aromatic carbocycles. The van der Waals surface area contributed by atoms with Crippen molar-refractivity contribution in [3.8, 4) is 11.3 Å². The summed E-state index contributed by atoms with van der Waals surface area (Å²) in [7, 11) is 0. The van der Waals surface area contributed by atoms with E-state index in [1.165, 1.54) is 23.5 Å². The first-order valence-corrected chi connectivity index (χ1v) is 10.2. The molecule has 0 spiro atoms. The van der Waals surface area contributed by atoms with Crippen molar-refractivity contribution in [1.82, 2.24) is 15.1 Å². The van der Waals surface area contributed by atoms with Gasteiger partial charge in [-0.2, -0.15) is 18.3 Å². The summed E-state index contributed by atoms with van der Waals surface area (Å²) in [6.45, 7) is 4.25. The van der Waals surface area contributed by atoms with Crippen LogP contribution in [0.15, 0.2) is 41.9 Å². The molecule has 0 unspecified atom stereocenters. The zero-order valence-electron chi connectivity index (χ0n) is 15.8. The molecular formula is C20H19ClF3N3OS. The zero-order valence-corrected chi connectivity index (χ0v) is 17.3. The third kappa shape index (κ3) is 4.82. The molecule has 2 heterocycles. The number of carbonyl (C=O) groups is 1. The Kier molecular flexibility index (Phi) is 6.33. The summed E-state index contributed by atoms with van der Waals surface area (Å²) >= 11 is 7.45. The van der Waals surface area contributed by atoms with Gasteiger partial charge in [0.1, 0.15) is 0 Å². The predicted octanol–water partition coefficient (Wildman–Crippen LogP) is 5.66. The zero-order chi connectivity index (χ0) is 21.2. The Balaban J connectivity index is 1.72. The molecule has 1 N–H and O–H groups in total. The molecule has 29 heavy (non-hydrogen) atoms. The molecule has 9 heteroatoms. The SMILES string of the molecule is CCn1ncc(Cl)c1-c1csc(C(=O)N[C@H](C)Cc2ccccc2C(F)(F)F)c1. The molecule has 2 aromatic heterocycles. The lowest BCUT2D eigenvalue weighted by molar-refractivity contribution is -0.138. The van der Waals surface area contributed by atoms with Gasteiger partial charge in [0, 0.05) is 23.5 Å². The second-order valence-electron chi connectivity index (χ2n) is 6.59. The van der Waals surface area contributed by atoms with Crippen molar-refractivity contribution in [3.63, 3.8) is 0 Å². The fraction of sp³-hybridized carbons (Fsp3) is 0.300. The molecular weight excluding hydrogens is 423 g/mol. The van der Waals surface area contributed by atoms with E-state index < -0.39 is 17.8 Å². The third-order valence-corrected chi connectivity index (χ3v) is 5.62. The number of amides is 1. The second-order valence-corrected chi connectivity index (χ2v) is 7.91. The standard InChI is InChI=1S/C20H19ClF3N3OS/c1-3-27-18(16(21)10-25-27)14-9-17(29-11-14)19(28)26-12(2)8-13-6-4-5-7-15(13)20(22,23)24/h4-7,9-12H,3,8H2,1-2H3,(H,26,28)/t12-/m1/s1. The molecule has 0 saturated heterocycles. The Morgan fingerprint density at radius 3 is 2.76 bits per heavy atom. The van der Waals surface area contributed by atoms with Gasteiger partial charge in [-0.05, 0) is 38.0 Å². The maximum absolute atomic E-state index is 13.2. The molecule has 3 rings (SSSR count). The Morgan fingerprint density at radius 2 is 2.07 bits per heavy atom. The van der Waals surface area contributed by atoms with E-state index in [2.05, 4.69) is 10.4 Å². The number of alkyl halides is 3. The number of nitrogens with one attached hydrogen (secondary N) is 1. The smallest absolute Gasteiger partial charge is 0.349 e. The number of aryl methyl sites for hydroxylation is 1. The van der Waals surface area contributed by atoms with Gasteiger partial charge in [-0.15, -0.1) is 11.3 Å². The lowest BCUT2D eigenvalue weighted by Crippen LogP contribution is -2.34. The van der Waals surface area contributed by atoms with Crippen molar-refractivity contribution in [3.05, 3.63) is 62.9 Å². The number of hydrogen-bond donors (Lipinski definition) is 1. The number of hydrogen-bond acceptors (Lipinski definition) is 3. The molecule has 0 fully saturated rings. The first kappa shape index (κ1) is 21.4. The highest BCUT2D eigenvalue weighted by Gasteiger charge is 2.33. The number of rotatable bonds is 6. The first-order chi connectivity index (χ1) is 13.7. The van der Waals surface area contributed by atoms with Crippen LogP contribution in [0.2, 0.25) is 5.02 Å². The molecule has 0 aliphatic carbocycles. The Hall–Kier alpha value is -2.32. The summed E-state index contributed by atoms with van der Waals surface area (Å²) in [4.78, 5) is 13.0. The third-order valence-electron chi connectivity index (χ3n) is 4.42. The van der Waals surface area contributed by atoms with Crippen LogP contribution in [0.4, 0.5) is 13.2 Å². The van der Waals surface area contributed by atoms with Crippen molar-refractivity contribution < 1.29 is 18.0 Å². The maximum Gasteiger partial charge on any atom is 0.416 e. The normalized spacial score (nSPS) is 12.8. The van der Waals surface area contributed by atoms with Crippen molar-refractivity contribution in [1.29, 1.82) is 0 Å². The lowest BCUT2D eigenvalue weighted by atomic mass is 10.0. The summed E-state index contributed by atoms with van der Waals surface area (Å²) in [6.07, 6.45) is -2.80. The van der Waals surface area contributed by atoms with Crippen molar-refractivity contribution in [2.45, 2.75) is 39.0 Å². The first-order valence-electron chi connectivity index (χ1n) is 8.96. The van der Waals surface area contributed by atoms with Crippen LogP contribution >= 0.6 is 22.9 Å². The molecule has 3 aromatic rings. The van der Waals surface area contributed by atoms with Crippen LogP contribution in [0.1, 0.15) is 34.6 Å². The van der Waals surface area contributed by atoms with Gasteiger partial charge in [0.25, 0.3) is 5.91 Å². The van der Waals surface area contributed by atoms with E-state index in [1.807, 2.05) is 12.3 Å². The summed E-state index contributed by atoms with van der Waals surface area (Å²) in [5, 5.41) is 9.27. The molecule has 0 saturated carbocycles. The number of thiophene rings is 1. The highest BCUT2D eigenvalue weighted by Crippen LogP contribution is 2.33. The van der Waals surface area contributed by atoms with E-state index in [9.17, 15) is 18.0 Å². The van der Waals surface area contributed by atoms with Crippen molar-refractivity contribution in [2.24, 2.45) is 0 Å². The van der Waals surface area contributed by atoms with Crippen LogP contribution in [0.3, 0.4) is 0 Å². The van der Waals surface area contributed by atoms with E-state index in [0.29, 0.717) is 16.4 Å². The highest BCUT2D eigenvalue weighted by molar-refractivity contribution is 7.12. The van der Waals surface area contributed by atoms with Crippen molar-refractivity contribution in [2.75, 3.05) is 0 Å². The summed E-state index contributed by atoms with van der Waals surface area (Å²) < 4.78 is 41.2. The number of aromatic nitrogens is 2. The minimum atomic E-state index is -4.43. The van der Waals surface area contributed by atoms with E-state index in [0.717, 1.165) is 17.3 Å². The Bertz CT molecular complexity index is 1010. The molecule has 1 atom stereocenters. The number of nitrogens with zero attached hydrogens (tertiary/aromatic N) is 2. The van der Waals surface area contributed by atoms with Gasteiger partial charge in [0.2, 0.25) is 0 Å². The summed E-state index contributed by atoms with van der Waals surface area (Å²) in [5.41, 5.74) is 0.983. The van der Waals surface area contributed by atoms with E-state index in [1.54, 1.807) is 29.9 Å². The summed E-state index contributed by atoms with van der Waals surface area (Å²) in [5.74, 6) is -0.336. The van der Waals surface area contributed by atoms with E-state index in [4.69, 9.17) is 11.6 Å². The van der Waals surface area contributed by atoms with E-state index in [-0.39, 0.29) is 17.9 Å². The minimum absolute atomic E-state index is 0.0775. The van der Waals surface area contributed by atoms with Crippen LogP contribution in [-0.4, -0.2) is 21.7 Å². The van der Waals surface area contributed by atoms with Gasteiger partial charge in [-0.3, -0.25) is 9.48 Å². The molecule has 0 bridgehead atoms. The van der Waals surface area contributed by atoms with Gasteiger partial charge in [-0.25, -0.2) is 0 Å². The van der Waals surface area contributed by atoms with E-state index >= 15 is 0 Å². The maximum atomic E-state index is 13.2. The van der Waals surface area contributed by atoms with Crippen molar-refractivity contribution >= 4 is 28.8 Å².